The van der Waals surface area contributed by atoms with E-state index in [4.69, 9.17) is 4.74 Å². The standard InChI is InChI=1S/C11H8Br2O5/c1-3-4-6(9(13)18-11(4)16)7(12)8(14)5(3)10(15)17-2/h9,14H,1-2H3. The summed E-state index contributed by atoms with van der Waals surface area (Å²) in [7, 11) is 1.20. The predicted molar refractivity (Wildman–Crippen MR) is 69.0 cm³/mol. The molecule has 1 aromatic rings. The Morgan fingerprint density at radius 2 is 2.11 bits per heavy atom. The zero-order chi connectivity index (χ0) is 13.6. The Labute approximate surface area is 119 Å². The molecular formula is C11H8Br2O5. The number of carbonyl (C=O) groups excluding carboxylic acids is 2. The maximum absolute atomic E-state index is 11.7. The Balaban J connectivity index is 2.83. The SMILES string of the molecule is COC(=O)c1c(C)c2c(c(Br)c1O)C(Br)OC2=O. The second kappa shape index (κ2) is 4.55. The van der Waals surface area contributed by atoms with Gasteiger partial charge in [0.2, 0.25) is 0 Å². The summed E-state index contributed by atoms with van der Waals surface area (Å²) >= 11 is 6.34. The average molecular weight is 380 g/mol. The number of alkyl halides is 1. The van der Waals surface area contributed by atoms with Gasteiger partial charge in [0.25, 0.3) is 0 Å². The molecule has 0 saturated carbocycles. The summed E-state index contributed by atoms with van der Waals surface area (Å²) in [6.07, 6.45) is 0. The Hall–Kier alpha value is -1.08. The van der Waals surface area contributed by atoms with E-state index in [2.05, 4.69) is 36.6 Å². The number of aromatic hydroxyl groups is 1. The number of cyclic esters (lactones) is 1. The predicted octanol–water partition coefficient (Wildman–Crippen LogP) is 2.81. The number of phenols is 1. The van der Waals surface area contributed by atoms with E-state index in [1.807, 2.05) is 0 Å². The van der Waals surface area contributed by atoms with Crippen molar-refractivity contribution in [3.63, 3.8) is 0 Å². The molecular weight excluding hydrogens is 372 g/mol. The molecule has 0 amide bonds. The van der Waals surface area contributed by atoms with Crippen LogP contribution >= 0.6 is 31.9 Å². The van der Waals surface area contributed by atoms with Gasteiger partial charge in [0, 0.05) is 5.56 Å². The third-order valence-electron chi connectivity index (χ3n) is 2.73. The molecule has 0 saturated heterocycles. The molecule has 2 rings (SSSR count). The first-order valence-corrected chi connectivity index (χ1v) is 6.59. The van der Waals surface area contributed by atoms with Crippen molar-refractivity contribution < 1.29 is 24.2 Å². The van der Waals surface area contributed by atoms with Crippen molar-refractivity contribution in [2.24, 2.45) is 0 Å². The number of methoxy groups -OCH3 is 1. The van der Waals surface area contributed by atoms with Gasteiger partial charge in [-0.15, -0.1) is 0 Å². The van der Waals surface area contributed by atoms with E-state index in [0.717, 1.165) is 0 Å². The second-order valence-corrected chi connectivity index (χ2v) is 5.29. The number of carbonyl (C=O) groups is 2. The maximum Gasteiger partial charge on any atom is 0.341 e. The van der Waals surface area contributed by atoms with Crippen LogP contribution in [-0.4, -0.2) is 24.2 Å². The van der Waals surface area contributed by atoms with Crippen molar-refractivity contribution >= 4 is 43.8 Å². The van der Waals surface area contributed by atoms with Gasteiger partial charge in [0.05, 0.1) is 17.1 Å². The molecule has 1 heterocycles. The van der Waals surface area contributed by atoms with Crippen LogP contribution in [0, 0.1) is 6.92 Å². The second-order valence-electron chi connectivity index (χ2n) is 3.66. The van der Waals surface area contributed by atoms with Crippen LogP contribution in [0.15, 0.2) is 4.47 Å². The largest absolute Gasteiger partial charge is 0.506 e. The lowest BCUT2D eigenvalue weighted by molar-refractivity contribution is 0.0529. The molecule has 0 aromatic heterocycles. The van der Waals surface area contributed by atoms with Crippen molar-refractivity contribution in [2.75, 3.05) is 7.11 Å². The van der Waals surface area contributed by atoms with Gasteiger partial charge in [-0.2, -0.15) is 0 Å². The number of halogens is 2. The van der Waals surface area contributed by atoms with Crippen molar-refractivity contribution in [1.82, 2.24) is 0 Å². The minimum atomic E-state index is -0.709. The van der Waals surface area contributed by atoms with E-state index in [0.29, 0.717) is 11.1 Å². The summed E-state index contributed by atoms with van der Waals surface area (Å²) in [6.45, 7) is 1.56. The third-order valence-corrected chi connectivity index (χ3v) is 4.18. The van der Waals surface area contributed by atoms with Gasteiger partial charge in [0.1, 0.15) is 11.3 Å². The van der Waals surface area contributed by atoms with E-state index < -0.39 is 17.0 Å². The topological polar surface area (TPSA) is 72.8 Å². The highest BCUT2D eigenvalue weighted by Crippen LogP contribution is 2.47. The van der Waals surface area contributed by atoms with Crippen molar-refractivity contribution in [1.29, 1.82) is 0 Å². The summed E-state index contributed by atoms with van der Waals surface area (Å²) in [5.74, 6) is -1.52. The first kappa shape index (κ1) is 13.4. The molecule has 0 spiro atoms. The van der Waals surface area contributed by atoms with Crippen LogP contribution in [0.4, 0.5) is 0 Å². The maximum atomic E-state index is 11.7. The molecule has 96 valence electrons. The van der Waals surface area contributed by atoms with E-state index in [9.17, 15) is 14.7 Å². The Bertz CT molecular complexity index is 567. The van der Waals surface area contributed by atoms with Gasteiger partial charge in [-0.3, -0.25) is 0 Å². The monoisotopic (exact) mass is 378 g/mol. The molecule has 1 N–H and O–H groups in total. The third kappa shape index (κ3) is 1.73. The van der Waals surface area contributed by atoms with Crippen LogP contribution in [0.3, 0.4) is 0 Å². The van der Waals surface area contributed by atoms with Gasteiger partial charge in [-0.05, 0) is 44.3 Å². The summed E-state index contributed by atoms with van der Waals surface area (Å²) in [5, 5.41) is 9.37. The van der Waals surface area contributed by atoms with Gasteiger partial charge < -0.3 is 14.6 Å². The summed E-state index contributed by atoms with van der Waals surface area (Å²) < 4.78 is 9.84. The fourth-order valence-electron chi connectivity index (χ4n) is 1.89. The van der Waals surface area contributed by atoms with E-state index >= 15 is 0 Å². The molecule has 1 aromatic carbocycles. The van der Waals surface area contributed by atoms with Crippen molar-refractivity contribution in [2.45, 2.75) is 11.9 Å². The molecule has 1 aliphatic rings. The molecule has 0 radical (unpaired) electrons. The first-order chi connectivity index (χ1) is 8.40. The molecule has 5 nitrogen and oxygen atoms in total. The van der Waals surface area contributed by atoms with Crippen LogP contribution in [0.2, 0.25) is 0 Å². The van der Waals surface area contributed by atoms with Crippen LogP contribution in [0.5, 0.6) is 5.75 Å². The van der Waals surface area contributed by atoms with Crippen molar-refractivity contribution in [3.05, 3.63) is 26.7 Å². The van der Waals surface area contributed by atoms with Crippen LogP contribution in [0.25, 0.3) is 0 Å². The van der Waals surface area contributed by atoms with Gasteiger partial charge in [-0.1, -0.05) is 0 Å². The summed E-state index contributed by atoms with van der Waals surface area (Å²) in [4.78, 5) is 23.3. The lowest BCUT2D eigenvalue weighted by Crippen LogP contribution is -2.09. The number of fused-ring (bicyclic) bond motifs is 1. The average Bonchev–Trinajstić information content (AvgIpc) is 2.61. The fourth-order valence-corrected chi connectivity index (χ4v) is 3.43. The molecule has 18 heavy (non-hydrogen) atoms. The summed E-state index contributed by atoms with van der Waals surface area (Å²) in [6, 6.07) is 0. The Morgan fingerprint density at radius 1 is 1.50 bits per heavy atom. The zero-order valence-corrected chi connectivity index (χ0v) is 12.6. The lowest BCUT2D eigenvalue weighted by atomic mass is 9.97. The summed E-state index contributed by atoms with van der Waals surface area (Å²) in [5.41, 5.74) is 1.04. The Morgan fingerprint density at radius 3 is 2.67 bits per heavy atom. The fraction of sp³-hybridized carbons (Fsp3) is 0.273. The van der Waals surface area contributed by atoms with Gasteiger partial charge >= 0.3 is 11.9 Å². The lowest BCUT2D eigenvalue weighted by Gasteiger charge is -2.12. The number of phenolic OH excluding ortho intramolecular Hbond substituents is 1. The van der Waals surface area contributed by atoms with E-state index in [-0.39, 0.29) is 21.3 Å². The number of benzene rings is 1. The first-order valence-electron chi connectivity index (χ1n) is 4.88. The zero-order valence-electron chi connectivity index (χ0n) is 9.41. The highest BCUT2D eigenvalue weighted by molar-refractivity contribution is 9.11. The van der Waals surface area contributed by atoms with Crippen molar-refractivity contribution in [3.8, 4) is 5.75 Å². The highest BCUT2D eigenvalue weighted by atomic mass is 79.9. The van der Waals surface area contributed by atoms with Crippen LogP contribution in [0.1, 0.15) is 36.9 Å². The minimum Gasteiger partial charge on any atom is -0.506 e. The van der Waals surface area contributed by atoms with E-state index in [1.165, 1.54) is 7.11 Å². The van der Waals surface area contributed by atoms with Gasteiger partial charge in [-0.25, -0.2) is 9.59 Å². The molecule has 7 heteroatoms. The minimum absolute atomic E-state index is 0.0401. The molecule has 0 aliphatic carbocycles. The van der Waals surface area contributed by atoms with E-state index in [1.54, 1.807) is 6.92 Å². The number of ether oxygens (including phenoxy) is 2. The molecule has 0 bridgehead atoms. The highest BCUT2D eigenvalue weighted by Gasteiger charge is 2.37. The van der Waals surface area contributed by atoms with Gasteiger partial charge in [0.15, 0.2) is 5.01 Å². The molecule has 1 aliphatic heterocycles. The number of esters is 2. The quantitative estimate of drug-likeness (QED) is 0.600. The van der Waals surface area contributed by atoms with Crippen LogP contribution < -0.4 is 0 Å². The molecule has 1 atom stereocenters. The normalized spacial score (nSPS) is 17.3. The number of hydrogen-bond acceptors (Lipinski definition) is 5. The molecule has 1 unspecified atom stereocenters. The smallest absolute Gasteiger partial charge is 0.341 e. The Kier molecular flexibility index (Phi) is 3.37. The number of hydrogen-bond donors (Lipinski definition) is 1. The molecule has 0 fully saturated rings. The van der Waals surface area contributed by atoms with Crippen LogP contribution in [-0.2, 0) is 9.47 Å². The number of rotatable bonds is 1.